The van der Waals surface area contributed by atoms with Gasteiger partial charge >= 0.3 is 0 Å². The van der Waals surface area contributed by atoms with Crippen LogP contribution in [0, 0.1) is 0 Å². The van der Waals surface area contributed by atoms with Gasteiger partial charge in [0.05, 0.1) is 19.2 Å². The molecule has 0 spiro atoms. The Hall–Kier alpha value is -2.53. The average Bonchev–Trinajstić information content (AvgIpc) is 3.10. The fourth-order valence-electron chi connectivity index (χ4n) is 3.28. The van der Waals surface area contributed by atoms with Gasteiger partial charge in [-0.15, -0.1) is 0 Å². The standard InChI is InChI=1S/C18H17ClN4O/c1-24-17-9-5-3-7-13(17)16-10-15(12-6-2-4-8-14(12)19)22-18-20-11-21-23(16)18/h2-9,11,15-16H,10H2,1H3,(H,20,21,22)/t15-,16-/m0/s1. The van der Waals surface area contributed by atoms with Gasteiger partial charge in [0.1, 0.15) is 12.1 Å². The number of hydrogen-bond donors (Lipinski definition) is 1. The smallest absolute Gasteiger partial charge is 0.222 e. The third-order valence-electron chi connectivity index (χ3n) is 4.41. The summed E-state index contributed by atoms with van der Waals surface area (Å²) in [5, 5.41) is 8.58. The third-order valence-corrected chi connectivity index (χ3v) is 4.75. The summed E-state index contributed by atoms with van der Waals surface area (Å²) in [5.41, 5.74) is 2.15. The molecule has 24 heavy (non-hydrogen) atoms. The molecule has 1 aliphatic heterocycles. The Kier molecular flexibility index (Phi) is 3.86. The lowest BCUT2D eigenvalue weighted by atomic mass is 9.93. The minimum atomic E-state index is 0.0289. The quantitative estimate of drug-likeness (QED) is 0.780. The summed E-state index contributed by atoms with van der Waals surface area (Å²) < 4.78 is 7.45. The van der Waals surface area contributed by atoms with Gasteiger partial charge < -0.3 is 10.1 Å². The molecule has 0 unspecified atom stereocenters. The van der Waals surface area contributed by atoms with Crippen LogP contribution in [0.4, 0.5) is 5.95 Å². The zero-order chi connectivity index (χ0) is 16.5. The number of aromatic nitrogens is 3. The molecule has 122 valence electrons. The Morgan fingerprint density at radius 3 is 2.67 bits per heavy atom. The predicted molar refractivity (Wildman–Crippen MR) is 93.6 cm³/mol. The second-order valence-corrected chi connectivity index (χ2v) is 6.15. The summed E-state index contributed by atoms with van der Waals surface area (Å²) in [6.45, 7) is 0. The number of halogens is 1. The number of para-hydroxylation sites is 1. The van der Waals surface area contributed by atoms with Gasteiger partial charge in [0.15, 0.2) is 0 Å². The highest BCUT2D eigenvalue weighted by Gasteiger charge is 2.32. The van der Waals surface area contributed by atoms with Gasteiger partial charge in [0, 0.05) is 10.6 Å². The molecular formula is C18H17ClN4O. The molecule has 0 saturated heterocycles. The molecule has 0 fully saturated rings. The SMILES string of the molecule is COc1ccccc1[C@@H]1C[C@@H](c2ccccc2Cl)Nc2ncnn21. The highest BCUT2D eigenvalue weighted by atomic mass is 35.5. The normalized spacial score (nSPS) is 19.4. The molecule has 4 rings (SSSR count). The first kappa shape index (κ1) is 15.0. The fraction of sp³-hybridized carbons (Fsp3) is 0.222. The Bertz CT molecular complexity index is 863. The number of rotatable bonds is 3. The van der Waals surface area contributed by atoms with E-state index < -0.39 is 0 Å². The highest BCUT2D eigenvalue weighted by molar-refractivity contribution is 6.31. The molecular weight excluding hydrogens is 324 g/mol. The number of hydrogen-bond acceptors (Lipinski definition) is 4. The van der Waals surface area contributed by atoms with Gasteiger partial charge in [-0.25, -0.2) is 4.68 Å². The minimum Gasteiger partial charge on any atom is -0.496 e. The first-order valence-electron chi connectivity index (χ1n) is 7.81. The zero-order valence-corrected chi connectivity index (χ0v) is 13.9. The molecule has 2 heterocycles. The average molecular weight is 341 g/mol. The van der Waals surface area contributed by atoms with Gasteiger partial charge in [-0.3, -0.25) is 0 Å². The molecule has 1 N–H and O–H groups in total. The van der Waals surface area contributed by atoms with Crippen molar-refractivity contribution in [2.45, 2.75) is 18.5 Å². The highest BCUT2D eigenvalue weighted by Crippen LogP contribution is 2.41. The van der Waals surface area contributed by atoms with Gasteiger partial charge in [-0.2, -0.15) is 10.1 Å². The summed E-state index contributed by atoms with van der Waals surface area (Å²) in [6.07, 6.45) is 2.38. The zero-order valence-electron chi connectivity index (χ0n) is 13.2. The van der Waals surface area contributed by atoms with Crippen LogP contribution in [-0.4, -0.2) is 21.9 Å². The molecule has 5 nitrogen and oxygen atoms in total. The van der Waals surface area contributed by atoms with Crippen LogP contribution in [-0.2, 0) is 0 Å². The van der Waals surface area contributed by atoms with Crippen molar-refractivity contribution in [2.75, 3.05) is 12.4 Å². The van der Waals surface area contributed by atoms with Gasteiger partial charge in [-0.05, 0) is 24.1 Å². The second kappa shape index (κ2) is 6.17. The lowest BCUT2D eigenvalue weighted by molar-refractivity contribution is 0.380. The van der Waals surface area contributed by atoms with Crippen molar-refractivity contribution >= 4 is 17.5 Å². The molecule has 0 amide bonds. The van der Waals surface area contributed by atoms with Crippen molar-refractivity contribution in [3.05, 3.63) is 71.0 Å². The molecule has 1 aromatic heterocycles. The van der Waals surface area contributed by atoms with E-state index in [1.807, 2.05) is 47.1 Å². The Morgan fingerprint density at radius 2 is 1.88 bits per heavy atom. The summed E-state index contributed by atoms with van der Waals surface area (Å²) in [6, 6.07) is 16.0. The number of methoxy groups -OCH3 is 1. The molecule has 3 aromatic rings. The van der Waals surface area contributed by atoms with Crippen LogP contribution in [0.3, 0.4) is 0 Å². The van der Waals surface area contributed by atoms with Crippen LogP contribution in [0.2, 0.25) is 5.02 Å². The van der Waals surface area contributed by atoms with E-state index in [1.54, 1.807) is 13.4 Å². The number of benzene rings is 2. The summed E-state index contributed by atoms with van der Waals surface area (Å²) in [7, 11) is 1.69. The first-order valence-corrected chi connectivity index (χ1v) is 8.19. The summed E-state index contributed by atoms with van der Waals surface area (Å²) in [5.74, 6) is 1.59. The van der Waals surface area contributed by atoms with Crippen molar-refractivity contribution in [2.24, 2.45) is 0 Å². The molecule has 2 aromatic carbocycles. The van der Waals surface area contributed by atoms with Crippen LogP contribution in [0.15, 0.2) is 54.9 Å². The van der Waals surface area contributed by atoms with Crippen molar-refractivity contribution in [1.82, 2.24) is 14.8 Å². The molecule has 0 aliphatic carbocycles. The number of anilines is 1. The van der Waals surface area contributed by atoms with Crippen molar-refractivity contribution in [3.63, 3.8) is 0 Å². The van der Waals surface area contributed by atoms with Crippen molar-refractivity contribution in [1.29, 1.82) is 0 Å². The third kappa shape index (κ3) is 2.51. The first-order chi connectivity index (χ1) is 11.8. The molecule has 1 aliphatic rings. The van der Waals surface area contributed by atoms with E-state index in [0.29, 0.717) is 0 Å². The Labute approximate surface area is 145 Å². The molecule has 2 atom stereocenters. The van der Waals surface area contributed by atoms with Crippen LogP contribution in [0.1, 0.15) is 29.6 Å². The van der Waals surface area contributed by atoms with Crippen molar-refractivity contribution < 1.29 is 4.74 Å². The lowest BCUT2D eigenvalue weighted by Gasteiger charge is -2.32. The summed E-state index contributed by atoms with van der Waals surface area (Å²) >= 11 is 6.40. The Balaban J connectivity index is 1.79. The molecule has 0 bridgehead atoms. The van der Waals surface area contributed by atoms with Crippen LogP contribution < -0.4 is 10.1 Å². The van der Waals surface area contributed by atoms with E-state index in [9.17, 15) is 0 Å². The fourth-order valence-corrected chi connectivity index (χ4v) is 3.55. The van der Waals surface area contributed by atoms with Gasteiger partial charge in [0.2, 0.25) is 5.95 Å². The maximum Gasteiger partial charge on any atom is 0.222 e. The van der Waals surface area contributed by atoms with Crippen LogP contribution >= 0.6 is 11.6 Å². The Morgan fingerprint density at radius 1 is 1.12 bits per heavy atom. The van der Waals surface area contributed by atoms with E-state index in [4.69, 9.17) is 16.3 Å². The van der Waals surface area contributed by atoms with E-state index in [2.05, 4.69) is 21.5 Å². The van der Waals surface area contributed by atoms with Gasteiger partial charge in [-0.1, -0.05) is 48.0 Å². The molecule has 0 radical (unpaired) electrons. The van der Waals surface area contributed by atoms with Crippen molar-refractivity contribution in [3.8, 4) is 5.75 Å². The topological polar surface area (TPSA) is 52.0 Å². The van der Waals surface area contributed by atoms with E-state index in [0.717, 1.165) is 34.3 Å². The number of nitrogens with one attached hydrogen (secondary N) is 1. The summed E-state index contributed by atoms with van der Waals surface area (Å²) in [4.78, 5) is 4.35. The second-order valence-electron chi connectivity index (χ2n) is 5.74. The number of ether oxygens (including phenoxy) is 1. The molecule has 0 saturated carbocycles. The maximum absolute atomic E-state index is 6.40. The minimum absolute atomic E-state index is 0.0289. The maximum atomic E-state index is 6.40. The molecule has 6 heteroatoms. The van der Waals surface area contributed by atoms with E-state index in [1.165, 1.54) is 0 Å². The predicted octanol–water partition coefficient (Wildman–Crippen LogP) is 4.09. The number of nitrogens with zero attached hydrogens (tertiary/aromatic N) is 3. The van der Waals surface area contributed by atoms with E-state index in [-0.39, 0.29) is 12.1 Å². The number of fused-ring (bicyclic) bond motifs is 1. The van der Waals surface area contributed by atoms with Crippen LogP contribution in [0.5, 0.6) is 5.75 Å². The van der Waals surface area contributed by atoms with E-state index >= 15 is 0 Å². The van der Waals surface area contributed by atoms with Gasteiger partial charge in [0.25, 0.3) is 0 Å². The van der Waals surface area contributed by atoms with Crippen LogP contribution in [0.25, 0.3) is 0 Å². The monoisotopic (exact) mass is 340 g/mol. The largest absolute Gasteiger partial charge is 0.496 e. The lowest BCUT2D eigenvalue weighted by Crippen LogP contribution is -2.28.